The SMILES string of the molecule is Cc1cc(-c2csc(NC(=O)c3ccccc3[N+](=O)[O-])n2)c(C)n1CCc1ccccc1. The van der Waals surface area contributed by atoms with Crippen molar-refractivity contribution in [2.75, 3.05) is 5.32 Å². The number of benzene rings is 2. The summed E-state index contributed by atoms with van der Waals surface area (Å²) in [6, 6.07) is 18.3. The maximum absolute atomic E-state index is 12.6. The number of nitro benzene ring substituents is 1. The number of hydrogen-bond acceptors (Lipinski definition) is 5. The third-order valence-electron chi connectivity index (χ3n) is 5.39. The van der Waals surface area contributed by atoms with E-state index in [0.29, 0.717) is 5.13 Å². The molecular formula is C24H22N4O3S. The molecule has 32 heavy (non-hydrogen) atoms. The molecular weight excluding hydrogens is 424 g/mol. The van der Waals surface area contributed by atoms with Gasteiger partial charge in [0.1, 0.15) is 5.56 Å². The van der Waals surface area contributed by atoms with Crippen molar-refractivity contribution in [3.05, 3.63) is 98.7 Å². The van der Waals surface area contributed by atoms with Crippen LogP contribution in [-0.4, -0.2) is 20.4 Å². The topological polar surface area (TPSA) is 90.1 Å². The van der Waals surface area contributed by atoms with Crippen LogP contribution in [0.2, 0.25) is 0 Å². The zero-order valence-electron chi connectivity index (χ0n) is 17.7. The number of thiazole rings is 1. The number of nitro groups is 1. The van der Waals surface area contributed by atoms with Crippen LogP contribution in [0.5, 0.6) is 0 Å². The molecule has 0 aliphatic heterocycles. The number of aromatic nitrogens is 2. The Morgan fingerprint density at radius 2 is 1.84 bits per heavy atom. The maximum atomic E-state index is 12.6. The summed E-state index contributed by atoms with van der Waals surface area (Å²) >= 11 is 1.29. The fourth-order valence-corrected chi connectivity index (χ4v) is 4.44. The molecule has 0 aliphatic rings. The van der Waals surface area contributed by atoms with E-state index in [4.69, 9.17) is 0 Å². The predicted octanol–water partition coefficient (Wildman–Crippen LogP) is 5.63. The third kappa shape index (κ3) is 4.45. The molecule has 0 fully saturated rings. The largest absolute Gasteiger partial charge is 0.348 e. The molecule has 0 bridgehead atoms. The summed E-state index contributed by atoms with van der Waals surface area (Å²) in [4.78, 5) is 27.8. The molecule has 8 heteroatoms. The molecule has 0 spiro atoms. The fraction of sp³-hybridized carbons (Fsp3) is 0.167. The normalized spacial score (nSPS) is 10.8. The predicted molar refractivity (Wildman–Crippen MR) is 126 cm³/mol. The average Bonchev–Trinajstić information content (AvgIpc) is 3.36. The Morgan fingerprint density at radius 1 is 1.12 bits per heavy atom. The van der Waals surface area contributed by atoms with Crippen molar-refractivity contribution in [1.29, 1.82) is 0 Å². The molecule has 0 saturated heterocycles. The standard InChI is InChI=1S/C24H22N4O3S/c1-16-14-20(17(2)27(16)13-12-18-8-4-3-5-9-18)21-15-32-24(25-21)26-23(29)19-10-6-7-11-22(19)28(30)31/h3-11,14-15H,12-13H2,1-2H3,(H,25,26,29). The zero-order valence-corrected chi connectivity index (χ0v) is 18.6. The highest BCUT2D eigenvalue weighted by Gasteiger charge is 2.21. The lowest BCUT2D eigenvalue weighted by atomic mass is 10.1. The highest BCUT2D eigenvalue weighted by Crippen LogP contribution is 2.30. The summed E-state index contributed by atoms with van der Waals surface area (Å²) in [5.41, 5.74) is 5.10. The van der Waals surface area contributed by atoms with E-state index in [-0.39, 0.29) is 11.3 Å². The minimum atomic E-state index is -0.563. The van der Waals surface area contributed by atoms with Crippen molar-refractivity contribution in [1.82, 2.24) is 9.55 Å². The summed E-state index contributed by atoms with van der Waals surface area (Å²) in [5.74, 6) is -0.550. The minimum Gasteiger partial charge on any atom is -0.348 e. The molecule has 4 rings (SSSR count). The molecule has 0 unspecified atom stereocenters. The monoisotopic (exact) mass is 446 g/mol. The van der Waals surface area contributed by atoms with Crippen LogP contribution in [0.3, 0.4) is 0 Å². The van der Waals surface area contributed by atoms with Gasteiger partial charge in [-0.15, -0.1) is 11.3 Å². The third-order valence-corrected chi connectivity index (χ3v) is 6.14. The van der Waals surface area contributed by atoms with Crippen molar-refractivity contribution in [2.24, 2.45) is 0 Å². The fourth-order valence-electron chi connectivity index (χ4n) is 3.73. The van der Waals surface area contributed by atoms with Crippen LogP contribution in [0, 0.1) is 24.0 Å². The lowest BCUT2D eigenvalue weighted by molar-refractivity contribution is -0.385. The first-order chi connectivity index (χ1) is 15.4. The van der Waals surface area contributed by atoms with Gasteiger partial charge in [0.15, 0.2) is 5.13 Å². The van der Waals surface area contributed by atoms with Gasteiger partial charge >= 0.3 is 0 Å². The smallest absolute Gasteiger partial charge is 0.282 e. The number of carbonyl (C=O) groups excluding carboxylic acids is 1. The number of rotatable bonds is 7. The van der Waals surface area contributed by atoms with Gasteiger partial charge < -0.3 is 4.57 Å². The van der Waals surface area contributed by atoms with Gasteiger partial charge in [-0.2, -0.15) is 0 Å². The number of para-hydroxylation sites is 1. The molecule has 0 saturated carbocycles. The number of carbonyl (C=O) groups is 1. The lowest BCUT2D eigenvalue weighted by Crippen LogP contribution is -2.13. The van der Waals surface area contributed by atoms with Gasteiger partial charge in [0, 0.05) is 34.9 Å². The van der Waals surface area contributed by atoms with Crippen molar-refractivity contribution in [3.63, 3.8) is 0 Å². The zero-order chi connectivity index (χ0) is 22.7. The molecule has 4 aromatic rings. The summed E-state index contributed by atoms with van der Waals surface area (Å²) < 4.78 is 2.27. The van der Waals surface area contributed by atoms with E-state index in [9.17, 15) is 14.9 Å². The summed E-state index contributed by atoms with van der Waals surface area (Å²) in [5, 5.41) is 16.2. The van der Waals surface area contributed by atoms with E-state index >= 15 is 0 Å². The van der Waals surface area contributed by atoms with Crippen molar-refractivity contribution < 1.29 is 9.72 Å². The highest BCUT2D eigenvalue weighted by atomic mass is 32.1. The number of nitrogens with one attached hydrogen (secondary N) is 1. The minimum absolute atomic E-state index is 0.00772. The van der Waals surface area contributed by atoms with Crippen LogP contribution in [0.25, 0.3) is 11.3 Å². The Morgan fingerprint density at radius 3 is 2.59 bits per heavy atom. The first-order valence-corrected chi connectivity index (χ1v) is 11.0. The Balaban J connectivity index is 1.51. The van der Waals surface area contributed by atoms with Crippen LogP contribution < -0.4 is 5.32 Å². The Hall–Kier alpha value is -3.78. The molecule has 2 aromatic carbocycles. The van der Waals surface area contributed by atoms with E-state index in [2.05, 4.69) is 46.9 Å². The van der Waals surface area contributed by atoms with Gasteiger partial charge in [-0.25, -0.2) is 4.98 Å². The van der Waals surface area contributed by atoms with Gasteiger partial charge in [-0.3, -0.25) is 20.2 Å². The van der Waals surface area contributed by atoms with Gasteiger partial charge in [0.05, 0.1) is 10.6 Å². The summed E-state index contributed by atoms with van der Waals surface area (Å²) in [7, 11) is 0. The van der Waals surface area contributed by atoms with Gasteiger partial charge in [0.25, 0.3) is 11.6 Å². The van der Waals surface area contributed by atoms with Crippen LogP contribution in [0.15, 0.2) is 66.0 Å². The van der Waals surface area contributed by atoms with E-state index in [0.717, 1.165) is 35.6 Å². The molecule has 0 radical (unpaired) electrons. The second kappa shape index (κ2) is 9.15. The summed E-state index contributed by atoms with van der Waals surface area (Å²) in [6.07, 6.45) is 0.935. The number of aryl methyl sites for hydroxylation is 2. The Labute approximate surface area is 189 Å². The molecule has 0 aliphatic carbocycles. The molecule has 1 N–H and O–H groups in total. The number of nitrogens with zero attached hydrogens (tertiary/aromatic N) is 3. The second-order valence-corrected chi connectivity index (χ2v) is 8.30. The first kappa shape index (κ1) is 21.5. The summed E-state index contributed by atoms with van der Waals surface area (Å²) in [6.45, 7) is 5.01. The Bertz CT molecular complexity index is 1280. The van der Waals surface area contributed by atoms with Crippen LogP contribution in [0.4, 0.5) is 10.8 Å². The lowest BCUT2D eigenvalue weighted by Gasteiger charge is -2.09. The highest BCUT2D eigenvalue weighted by molar-refractivity contribution is 7.14. The number of amides is 1. The Kier molecular flexibility index (Phi) is 6.13. The van der Waals surface area contributed by atoms with Crippen molar-refractivity contribution in [2.45, 2.75) is 26.8 Å². The molecule has 7 nitrogen and oxygen atoms in total. The van der Waals surface area contributed by atoms with E-state index < -0.39 is 10.8 Å². The molecule has 1 amide bonds. The van der Waals surface area contributed by atoms with Crippen LogP contribution in [-0.2, 0) is 13.0 Å². The van der Waals surface area contributed by atoms with Crippen molar-refractivity contribution >= 4 is 28.1 Å². The van der Waals surface area contributed by atoms with E-state index in [1.807, 2.05) is 23.6 Å². The van der Waals surface area contributed by atoms with Crippen molar-refractivity contribution in [3.8, 4) is 11.3 Å². The average molecular weight is 447 g/mol. The van der Waals surface area contributed by atoms with Crippen LogP contribution in [0.1, 0.15) is 27.3 Å². The molecule has 162 valence electrons. The second-order valence-electron chi connectivity index (χ2n) is 7.44. The number of hydrogen-bond donors (Lipinski definition) is 1. The van der Waals surface area contributed by atoms with Gasteiger partial charge in [0.2, 0.25) is 0 Å². The maximum Gasteiger partial charge on any atom is 0.282 e. The van der Waals surface area contributed by atoms with Gasteiger partial charge in [-0.05, 0) is 38.0 Å². The van der Waals surface area contributed by atoms with Gasteiger partial charge in [-0.1, -0.05) is 42.5 Å². The molecule has 2 heterocycles. The number of anilines is 1. The van der Waals surface area contributed by atoms with E-state index in [1.165, 1.54) is 35.1 Å². The molecule has 0 atom stereocenters. The van der Waals surface area contributed by atoms with Crippen LogP contribution >= 0.6 is 11.3 Å². The quantitative estimate of drug-likeness (QED) is 0.294. The van der Waals surface area contributed by atoms with E-state index in [1.54, 1.807) is 6.07 Å². The molecule has 2 aromatic heterocycles. The first-order valence-electron chi connectivity index (χ1n) is 10.2.